The molecule has 0 fully saturated rings. The molecule has 0 aliphatic heterocycles. The van der Waals surface area contributed by atoms with Gasteiger partial charge in [-0.3, -0.25) is 24.0 Å². The van der Waals surface area contributed by atoms with Crippen molar-refractivity contribution in [3.63, 3.8) is 0 Å². The van der Waals surface area contributed by atoms with Gasteiger partial charge in [0.1, 0.15) is 12.6 Å². The van der Waals surface area contributed by atoms with Gasteiger partial charge in [0.05, 0.1) is 16.9 Å². The molecule has 0 unspecified atom stereocenters. The summed E-state index contributed by atoms with van der Waals surface area (Å²) in [6.07, 6.45) is 1.96. The minimum atomic E-state index is -4.00. The number of benzene rings is 2. The molecule has 37 heavy (non-hydrogen) atoms. The number of nitro groups is 1. The second-order valence-electron chi connectivity index (χ2n) is 9.25. The Labute approximate surface area is 218 Å². The lowest BCUT2D eigenvalue weighted by Gasteiger charge is -2.33. The smallest absolute Gasteiger partial charge is 0.271 e. The van der Waals surface area contributed by atoms with Gasteiger partial charge >= 0.3 is 0 Å². The number of rotatable bonds is 12. The number of hydrogen-bond acceptors (Lipinski definition) is 6. The predicted octanol–water partition coefficient (Wildman–Crippen LogP) is 3.70. The first kappa shape index (κ1) is 29.8. The van der Waals surface area contributed by atoms with Gasteiger partial charge in [0.15, 0.2) is 0 Å². The molecule has 2 aromatic rings. The minimum Gasteiger partial charge on any atom is -0.352 e. The molecule has 0 aromatic heterocycles. The van der Waals surface area contributed by atoms with Crippen LogP contribution in [0.25, 0.3) is 0 Å². The van der Waals surface area contributed by atoms with Crippen LogP contribution in [0.1, 0.15) is 50.3 Å². The molecule has 0 saturated carbocycles. The van der Waals surface area contributed by atoms with Crippen LogP contribution >= 0.6 is 0 Å². The van der Waals surface area contributed by atoms with Crippen molar-refractivity contribution < 1.29 is 22.9 Å². The van der Waals surface area contributed by atoms with Crippen LogP contribution in [0.3, 0.4) is 0 Å². The maximum atomic E-state index is 13.7. The van der Waals surface area contributed by atoms with E-state index in [1.807, 2.05) is 45.0 Å². The van der Waals surface area contributed by atoms with Gasteiger partial charge in [-0.25, -0.2) is 8.42 Å². The average Bonchev–Trinajstić information content (AvgIpc) is 2.83. The third-order valence-electron chi connectivity index (χ3n) is 6.21. The van der Waals surface area contributed by atoms with Crippen LogP contribution in [0, 0.1) is 24.0 Å². The Balaban J connectivity index is 2.52. The molecule has 1 N–H and O–H groups in total. The second kappa shape index (κ2) is 12.7. The maximum absolute atomic E-state index is 13.7. The first-order chi connectivity index (χ1) is 17.3. The molecule has 0 radical (unpaired) electrons. The monoisotopic (exact) mass is 532 g/mol. The fourth-order valence-corrected chi connectivity index (χ4v) is 4.72. The largest absolute Gasteiger partial charge is 0.352 e. The van der Waals surface area contributed by atoms with Gasteiger partial charge in [0, 0.05) is 24.7 Å². The van der Waals surface area contributed by atoms with E-state index < -0.39 is 33.4 Å². The number of carbonyl (C=O) groups is 2. The van der Waals surface area contributed by atoms with Crippen LogP contribution < -0.4 is 9.62 Å². The quantitative estimate of drug-likeness (QED) is 0.328. The molecule has 202 valence electrons. The highest BCUT2D eigenvalue weighted by molar-refractivity contribution is 7.92. The molecule has 0 bridgehead atoms. The van der Waals surface area contributed by atoms with E-state index in [1.165, 1.54) is 17.0 Å². The Morgan fingerprint density at radius 2 is 1.68 bits per heavy atom. The van der Waals surface area contributed by atoms with Crippen molar-refractivity contribution in [3.8, 4) is 0 Å². The number of non-ortho nitro benzene ring substituents is 1. The first-order valence-corrected chi connectivity index (χ1v) is 14.0. The lowest BCUT2D eigenvalue weighted by molar-refractivity contribution is -0.384. The van der Waals surface area contributed by atoms with Crippen LogP contribution in [0.5, 0.6) is 0 Å². The van der Waals surface area contributed by atoms with Gasteiger partial charge in [-0.2, -0.15) is 0 Å². The average molecular weight is 533 g/mol. The molecular weight excluding hydrogens is 496 g/mol. The standard InChI is InChI=1S/C26H36N4O6S/c1-7-20(5)27-26(32)23(8-2)28(16-21-12-9-18(3)10-13-21)25(31)17-29(37(6,35)36)24-15-22(30(33)34)14-11-19(24)4/h9-15,20,23H,7-8,16-17H2,1-6H3,(H,27,32)/t20-,23+/m1/s1. The van der Waals surface area contributed by atoms with Crippen LogP contribution in [0.2, 0.25) is 0 Å². The van der Waals surface area contributed by atoms with E-state index in [9.17, 15) is 28.1 Å². The van der Waals surface area contributed by atoms with E-state index >= 15 is 0 Å². The molecule has 10 nitrogen and oxygen atoms in total. The first-order valence-electron chi connectivity index (χ1n) is 12.2. The number of aryl methyl sites for hydroxylation is 2. The van der Waals surface area contributed by atoms with Gasteiger partial charge in [-0.1, -0.05) is 49.7 Å². The third-order valence-corrected chi connectivity index (χ3v) is 7.34. The number of hydrogen-bond donors (Lipinski definition) is 1. The topological polar surface area (TPSA) is 130 Å². The van der Waals surface area contributed by atoms with Gasteiger partial charge in [-0.15, -0.1) is 0 Å². The molecule has 11 heteroatoms. The summed E-state index contributed by atoms with van der Waals surface area (Å²) in [5.74, 6) is -0.919. The number of nitro benzene ring substituents is 1. The summed E-state index contributed by atoms with van der Waals surface area (Å²) in [7, 11) is -4.00. The molecule has 2 amide bonds. The van der Waals surface area contributed by atoms with E-state index in [2.05, 4.69) is 5.32 Å². The zero-order valence-corrected chi connectivity index (χ0v) is 23.0. The number of amides is 2. The minimum absolute atomic E-state index is 0.0393. The SMILES string of the molecule is CC[C@@H](C)NC(=O)[C@H](CC)N(Cc1ccc(C)cc1)C(=O)CN(c1cc([N+](=O)[O-])ccc1C)S(C)(=O)=O. The van der Waals surface area contributed by atoms with Crippen molar-refractivity contribution in [1.29, 1.82) is 0 Å². The molecule has 0 spiro atoms. The Morgan fingerprint density at radius 1 is 1.05 bits per heavy atom. The summed E-state index contributed by atoms with van der Waals surface area (Å²) in [5, 5.41) is 14.2. The van der Waals surface area contributed by atoms with Crippen LogP contribution in [-0.2, 0) is 26.2 Å². The van der Waals surface area contributed by atoms with Gasteiger partial charge < -0.3 is 10.2 Å². The van der Waals surface area contributed by atoms with Gasteiger partial charge in [0.25, 0.3) is 5.69 Å². The lowest BCUT2D eigenvalue weighted by atomic mass is 10.1. The van der Waals surface area contributed by atoms with Crippen LogP contribution in [-0.4, -0.2) is 54.9 Å². The summed E-state index contributed by atoms with van der Waals surface area (Å²) in [6.45, 7) is 8.62. The summed E-state index contributed by atoms with van der Waals surface area (Å²) >= 11 is 0. The fourth-order valence-electron chi connectivity index (χ4n) is 3.83. The Hall–Kier alpha value is -3.47. The number of nitrogens with zero attached hydrogens (tertiary/aromatic N) is 3. The Morgan fingerprint density at radius 3 is 2.19 bits per heavy atom. The van der Waals surface area contributed by atoms with E-state index in [4.69, 9.17) is 0 Å². The highest BCUT2D eigenvalue weighted by Gasteiger charge is 2.33. The Bertz CT molecular complexity index is 1230. The van der Waals surface area contributed by atoms with Crippen molar-refractivity contribution in [1.82, 2.24) is 10.2 Å². The Kier molecular flexibility index (Phi) is 10.2. The summed E-state index contributed by atoms with van der Waals surface area (Å²) in [5.41, 5.74) is 2.02. The van der Waals surface area contributed by atoms with E-state index in [-0.39, 0.29) is 29.9 Å². The number of sulfonamides is 1. The third kappa shape index (κ3) is 8.01. The summed E-state index contributed by atoms with van der Waals surface area (Å²) < 4.78 is 26.4. The van der Waals surface area contributed by atoms with Crippen molar-refractivity contribution in [2.45, 2.75) is 66.1 Å². The van der Waals surface area contributed by atoms with Crippen molar-refractivity contribution in [2.24, 2.45) is 0 Å². The summed E-state index contributed by atoms with van der Waals surface area (Å²) in [6, 6.07) is 10.4. The van der Waals surface area contributed by atoms with Crippen molar-refractivity contribution in [3.05, 3.63) is 69.3 Å². The maximum Gasteiger partial charge on any atom is 0.271 e. The molecule has 2 aromatic carbocycles. The normalized spacial score (nSPS) is 12.9. The highest BCUT2D eigenvalue weighted by atomic mass is 32.2. The lowest BCUT2D eigenvalue weighted by Crippen LogP contribution is -2.53. The van der Waals surface area contributed by atoms with Crippen LogP contribution in [0.4, 0.5) is 11.4 Å². The molecular formula is C26H36N4O6S. The fraction of sp³-hybridized carbons (Fsp3) is 0.462. The van der Waals surface area contributed by atoms with Gasteiger partial charge in [-0.05, 0) is 44.7 Å². The molecule has 2 atom stereocenters. The molecule has 0 heterocycles. The molecule has 0 aliphatic carbocycles. The number of nitrogens with one attached hydrogen (secondary N) is 1. The van der Waals surface area contributed by atoms with Crippen molar-refractivity contribution in [2.75, 3.05) is 17.1 Å². The zero-order chi connectivity index (χ0) is 27.9. The van der Waals surface area contributed by atoms with Crippen LogP contribution in [0.15, 0.2) is 42.5 Å². The number of anilines is 1. The highest BCUT2D eigenvalue weighted by Crippen LogP contribution is 2.28. The molecule has 2 rings (SSSR count). The van der Waals surface area contributed by atoms with E-state index in [0.717, 1.165) is 27.8 Å². The second-order valence-corrected chi connectivity index (χ2v) is 11.2. The molecule has 0 aliphatic rings. The zero-order valence-electron chi connectivity index (χ0n) is 22.2. The van der Waals surface area contributed by atoms with E-state index in [1.54, 1.807) is 13.8 Å². The van der Waals surface area contributed by atoms with Gasteiger partial charge in [0.2, 0.25) is 21.8 Å². The number of carbonyl (C=O) groups excluding carboxylic acids is 2. The molecule has 0 saturated heterocycles. The van der Waals surface area contributed by atoms with E-state index in [0.29, 0.717) is 18.4 Å². The summed E-state index contributed by atoms with van der Waals surface area (Å²) in [4.78, 5) is 39.0. The van der Waals surface area contributed by atoms with Crippen molar-refractivity contribution >= 4 is 33.2 Å². The predicted molar refractivity (Wildman–Crippen MR) is 144 cm³/mol.